The van der Waals surface area contributed by atoms with E-state index in [0.29, 0.717) is 0 Å². The molecule has 0 spiro atoms. The minimum absolute atomic E-state index is 0.722. The highest BCUT2D eigenvalue weighted by Gasteiger charge is 2.10. The van der Waals surface area contributed by atoms with Crippen LogP contribution in [0, 0.1) is 11.3 Å². The zero-order valence-corrected chi connectivity index (χ0v) is 14.5. The van der Waals surface area contributed by atoms with Gasteiger partial charge in [0.1, 0.15) is 0 Å². The SMILES string of the molecule is CC(C#N)=C(c1ccc(N(C)C)cc1)c1ccc(N(C)C)cc1. The monoisotopic (exact) mass is 305 g/mol. The van der Waals surface area contributed by atoms with Gasteiger partial charge in [-0.25, -0.2) is 0 Å². The summed E-state index contributed by atoms with van der Waals surface area (Å²) >= 11 is 0. The largest absolute Gasteiger partial charge is 0.378 e. The number of rotatable bonds is 4. The van der Waals surface area contributed by atoms with E-state index in [1.54, 1.807) is 0 Å². The van der Waals surface area contributed by atoms with Crippen LogP contribution in [-0.4, -0.2) is 28.2 Å². The van der Waals surface area contributed by atoms with Crippen LogP contribution in [0.25, 0.3) is 5.57 Å². The van der Waals surface area contributed by atoms with E-state index < -0.39 is 0 Å². The molecule has 23 heavy (non-hydrogen) atoms. The first kappa shape index (κ1) is 16.6. The van der Waals surface area contributed by atoms with Gasteiger partial charge in [-0.2, -0.15) is 5.26 Å². The van der Waals surface area contributed by atoms with E-state index in [-0.39, 0.29) is 0 Å². The second-order valence-corrected chi connectivity index (χ2v) is 5.99. The molecule has 0 bridgehead atoms. The lowest BCUT2D eigenvalue weighted by Crippen LogP contribution is -2.08. The molecule has 0 saturated carbocycles. The van der Waals surface area contributed by atoms with Gasteiger partial charge in [0.05, 0.1) is 6.07 Å². The Hall–Kier alpha value is -2.73. The van der Waals surface area contributed by atoms with E-state index in [1.165, 1.54) is 0 Å². The smallest absolute Gasteiger partial charge is 0.0950 e. The molecule has 0 saturated heterocycles. The molecule has 0 fully saturated rings. The van der Waals surface area contributed by atoms with Crippen LogP contribution in [0.1, 0.15) is 18.1 Å². The van der Waals surface area contributed by atoms with Gasteiger partial charge in [-0.3, -0.25) is 0 Å². The van der Waals surface area contributed by atoms with Crippen molar-refractivity contribution in [2.24, 2.45) is 0 Å². The van der Waals surface area contributed by atoms with Crippen molar-refractivity contribution in [3.63, 3.8) is 0 Å². The van der Waals surface area contributed by atoms with Crippen LogP contribution in [0.2, 0.25) is 0 Å². The molecule has 0 N–H and O–H groups in total. The van der Waals surface area contributed by atoms with Gasteiger partial charge in [-0.1, -0.05) is 24.3 Å². The summed E-state index contributed by atoms with van der Waals surface area (Å²) < 4.78 is 0. The minimum Gasteiger partial charge on any atom is -0.378 e. The van der Waals surface area contributed by atoms with Crippen molar-refractivity contribution in [3.8, 4) is 6.07 Å². The van der Waals surface area contributed by atoms with Crippen molar-refractivity contribution in [2.45, 2.75) is 6.92 Å². The summed E-state index contributed by atoms with van der Waals surface area (Å²) in [5.74, 6) is 0. The molecule has 118 valence electrons. The van der Waals surface area contributed by atoms with Gasteiger partial charge >= 0.3 is 0 Å². The molecule has 0 atom stereocenters. The highest BCUT2D eigenvalue weighted by Crippen LogP contribution is 2.29. The van der Waals surface area contributed by atoms with Crippen LogP contribution < -0.4 is 9.80 Å². The second-order valence-electron chi connectivity index (χ2n) is 5.99. The molecule has 0 aliphatic carbocycles. The van der Waals surface area contributed by atoms with Gasteiger partial charge in [0, 0.05) is 50.7 Å². The highest BCUT2D eigenvalue weighted by atomic mass is 15.1. The average molecular weight is 305 g/mol. The Bertz CT molecular complexity index is 676. The first-order valence-corrected chi connectivity index (χ1v) is 7.60. The Labute approximate surface area is 139 Å². The quantitative estimate of drug-likeness (QED) is 0.794. The average Bonchev–Trinajstić information content (AvgIpc) is 2.55. The number of hydrogen-bond acceptors (Lipinski definition) is 3. The third-order valence-electron chi connectivity index (χ3n) is 3.89. The standard InChI is InChI=1S/C20H23N3/c1-15(14-21)20(16-6-10-18(11-7-16)22(2)3)17-8-12-19(13-9-17)23(4)5/h6-13H,1-5H3. The predicted molar refractivity (Wildman–Crippen MR) is 98.8 cm³/mol. The molecule has 0 unspecified atom stereocenters. The maximum atomic E-state index is 9.39. The Morgan fingerprint density at radius 1 is 0.739 bits per heavy atom. The molecule has 0 aliphatic rings. The van der Waals surface area contributed by atoms with Crippen molar-refractivity contribution < 1.29 is 0 Å². The molecule has 2 aromatic rings. The van der Waals surface area contributed by atoms with E-state index in [4.69, 9.17) is 0 Å². The van der Waals surface area contributed by atoms with Gasteiger partial charge in [0.2, 0.25) is 0 Å². The van der Waals surface area contributed by atoms with E-state index in [1.807, 2.05) is 35.1 Å². The number of nitriles is 1. The summed E-state index contributed by atoms with van der Waals surface area (Å²) in [6, 6.07) is 18.9. The van der Waals surface area contributed by atoms with E-state index in [2.05, 4.69) is 64.4 Å². The van der Waals surface area contributed by atoms with Crippen molar-refractivity contribution in [2.75, 3.05) is 38.0 Å². The zero-order chi connectivity index (χ0) is 17.0. The summed E-state index contributed by atoms with van der Waals surface area (Å²) in [4.78, 5) is 4.13. The third-order valence-corrected chi connectivity index (χ3v) is 3.89. The Morgan fingerprint density at radius 3 is 1.35 bits per heavy atom. The molecule has 3 nitrogen and oxygen atoms in total. The van der Waals surface area contributed by atoms with Gasteiger partial charge in [0.25, 0.3) is 0 Å². The van der Waals surface area contributed by atoms with E-state index >= 15 is 0 Å². The maximum absolute atomic E-state index is 9.39. The first-order chi connectivity index (χ1) is 10.9. The second kappa shape index (κ2) is 7.02. The Morgan fingerprint density at radius 2 is 1.09 bits per heavy atom. The number of benzene rings is 2. The lowest BCUT2D eigenvalue weighted by Gasteiger charge is -2.16. The maximum Gasteiger partial charge on any atom is 0.0950 e. The van der Waals surface area contributed by atoms with Crippen LogP contribution in [0.3, 0.4) is 0 Å². The number of hydrogen-bond donors (Lipinski definition) is 0. The minimum atomic E-state index is 0.722. The van der Waals surface area contributed by atoms with Crippen LogP contribution in [0.5, 0.6) is 0 Å². The molecule has 2 aromatic carbocycles. The summed E-state index contributed by atoms with van der Waals surface area (Å²) in [5.41, 5.74) is 6.12. The molecule has 0 radical (unpaired) electrons. The molecular formula is C20H23N3. The Balaban J connectivity index is 2.49. The third kappa shape index (κ3) is 3.73. The number of nitrogens with zero attached hydrogens (tertiary/aromatic N) is 3. The lowest BCUT2D eigenvalue weighted by molar-refractivity contribution is 1.13. The van der Waals surface area contributed by atoms with Gasteiger partial charge in [-0.05, 0) is 42.3 Å². The van der Waals surface area contributed by atoms with Crippen molar-refractivity contribution in [3.05, 3.63) is 65.2 Å². The van der Waals surface area contributed by atoms with Crippen LogP contribution in [0.15, 0.2) is 54.1 Å². The predicted octanol–water partition coefficient (Wildman–Crippen LogP) is 4.16. The molecule has 3 heteroatoms. The summed E-state index contributed by atoms with van der Waals surface area (Å²) in [6.45, 7) is 1.87. The van der Waals surface area contributed by atoms with Gasteiger partial charge in [-0.15, -0.1) is 0 Å². The normalized spacial score (nSPS) is 9.91. The van der Waals surface area contributed by atoms with Crippen molar-refractivity contribution in [1.29, 1.82) is 5.26 Å². The topological polar surface area (TPSA) is 30.3 Å². The molecule has 0 aliphatic heterocycles. The fourth-order valence-electron chi connectivity index (χ4n) is 2.51. The molecule has 0 heterocycles. The summed E-state index contributed by atoms with van der Waals surface area (Å²) in [7, 11) is 8.08. The highest BCUT2D eigenvalue weighted by molar-refractivity contribution is 5.84. The van der Waals surface area contributed by atoms with Gasteiger partial charge < -0.3 is 9.80 Å². The molecular weight excluding hydrogens is 282 g/mol. The van der Waals surface area contributed by atoms with E-state index in [9.17, 15) is 5.26 Å². The fourth-order valence-corrected chi connectivity index (χ4v) is 2.51. The first-order valence-electron chi connectivity index (χ1n) is 7.60. The summed E-state index contributed by atoms with van der Waals surface area (Å²) in [5, 5.41) is 9.39. The number of anilines is 2. The molecule has 0 aromatic heterocycles. The molecule has 2 rings (SSSR count). The van der Waals surface area contributed by atoms with Crippen LogP contribution >= 0.6 is 0 Å². The van der Waals surface area contributed by atoms with Crippen LogP contribution in [-0.2, 0) is 0 Å². The Kier molecular flexibility index (Phi) is 5.08. The molecule has 0 amide bonds. The lowest BCUT2D eigenvalue weighted by atomic mass is 9.93. The van der Waals surface area contributed by atoms with Gasteiger partial charge in [0.15, 0.2) is 0 Å². The fraction of sp³-hybridized carbons (Fsp3) is 0.250. The van der Waals surface area contributed by atoms with Crippen molar-refractivity contribution in [1.82, 2.24) is 0 Å². The van der Waals surface area contributed by atoms with Crippen molar-refractivity contribution >= 4 is 16.9 Å². The van der Waals surface area contributed by atoms with Crippen LogP contribution in [0.4, 0.5) is 11.4 Å². The number of allylic oxidation sites excluding steroid dienone is 1. The van der Waals surface area contributed by atoms with E-state index in [0.717, 1.165) is 33.6 Å². The summed E-state index contributed by atoms with van der Waals surface area (Å²) in [6.07, 6.45) is 0. The zero-order valence-electron chi connectivity index (χ0n) is 14.5.